The highest BCUT2D eigenvalue weighted by Gasteiger charge is 2.62. The molecular weight excluding hydrogens is 1360 g/mol. The van der Waals surface area contributed by atoms with Gasteiger partial charge in [0.2, 0.25) is 29.9 Å². The summed E-state index contributed by atoms with van der Waals surface area (Å²) in [5.74, 6) is -8.91. The van der Waals surface area contributed by atoms with Crippen molar-refractivity contribution in [3.05, 3.63) is 0 Å². The number of carboxylic acid groups (broad SMARTS) is 1. The minimum absolute atomic E-state index is 0.216. The van der Waals surface area contributed by atoms with Gasteiger partial charge in [-0.25, -0.2) is 0 Å². The molecule has 0 aromatic heterocycles. The van der Waals surface area contributed by atoms with Gasteiger partial charge in [-0.1, -0.05) is 0 Å². The maximum Gasteiger partial charge on any atom is 0.217 e. The van der Waals surface area contributed by atoms with Crippen molar-refractivity contribution in [3.63, 3.8) is 0 Å². The number of carboxylic acids is 1. The van der Waals surface area contributed by atoms with Gasteiger partial charge in [-0.2, -0.15) is 0 Å². The van der Waals surface area contributed by atoms with Crippen LogP contribution >= 0.6 is 0 Å². The number of aliphatic hydroxyl groups excluding tert-OH is 20. The fraction of sp³-hybridized carbons (Fsp3) is 0.909. The first-order valence-corrected chi connectivity index (χ1v) is 31.3. The smallest absolute Gasteiger partial charge is 0.217 e. The summed E-state index contributed by atoms with van der Waals surface area (Å²) >= 11 is 0. The summed E-state index contributed by atoms with van der Waals surface area (Å²) in [6.07, 6.45) is -68.7. The molecule has 0 aliphatic carbocycles. The lowest BCUT2D eigenvalue weighted by Gasteiger charge is -2.54. The number of carbonyl (C=O) groups excluding carboxylic acids is 5. The number of amides is 4. The second-order valence-electron chi connectivity index (χ2n) is 24.6. The normalized spacial score (nSPS) is 45.3. The van der Waals surface area contributed by atoms with Gasteiger partial charge in [0, 0.05) is 27.2 Å². The fourth-order valence-corrected chi connectivity index (χ4v) is 12.4. The lowest BCUT2D eigenvalue weighted by Crippen LogP contribution is -2.73. The summed E-state index contributed by atoms with van der Waals surface area (Å²) < 4.78 is 82.4. The van der Waals surface area contributed by atoms with Gasteiger partial charge >= 0.3 is 0 Å². The Hall–Kier alpha value is -4.01. The minimum atomic E-state index is -3.57. The Bertz CT molecular complexity index is 2580. The highest BCUT2D eigenvalue weighted by atomic mass is 16.8. The highest BCUT2D eigenvalue weighted by molar-refractivity contribution is 5.75. The number of nitrogens with one attached hydrogen (secondary N) is 4. The van der Waals surface area contributed by atoms with Gasteiger partial charge in [-0.3, -0.25) is 19.2 Å². The molecular formula is C55H91N4O40-. The topological polar surface area (TPSA) is 690 Å². The minimum Gasteiger partial charge on any atom is -0.544 e. The number of ether oxygens (including phenoxy) is 14. The number of rotatable bonds is 30. The molecule has 7 aliphatic rings. The van der Waals surface area contributed by atoms with E-state index in [0.29, 0.717) is 0 Å². The quantitative estimate of drug-likeness (QED) is 0.0297. The molecule has 7 fully saturated rings. The monoisotopic (exact) mass is 1450 g/mol. The van der Waals surface area contributed by atoms with E-state index in [1.54, 1.807) is 0 Å². The van der Waals surface area contributed by atoms with E-state index in [0.717, 1.165) is 20.8 Å². The third-order valence-electron chi connectivity index (χ3n) is 17.6. The van der Waals surface area contributed by atoms with Crippen molar-refractivity contribution in [2.45, 2.75) is 261 Å². The SMILES string of the molecule is CC(=O)N[C@H]1[C@H](O[C@H]2[C@@H](O)[C@@H](CO)O[C@@H](O[C@H]3[C@@H](O)[C@@H](CO)O[C@@H](O[C@@H]4[C@H](O[C@]5(C(=O)[O-])C[C@H](O)[C@@H](NC(C)=O)[C@H]([C@H](O)[C@H](O)CO)O5)[C@@H](O)[C@H](O[C@H]5[C@H](O)[C@@H](O)[C@H](OC[C@@H](CO)NC=O)O[C@@H]5CO)O[C@@H]4CO)[C@@H]3NC(C)=O)[C@@H]2O)O[C@H](CO)[C@H](O)[C@@H]1O[C@@H]1O[C@@H](C)[C@@H](O)[C@@H](O)[C@@H]1O. The largest absolute Gasteiger partial charge is 0.544 e. The van der Waals surface area contributed by atoms with Crippen LogP contribution in [0.4, 0.5) is 0 Å². The third kappa shape index (κ3) is 18.6. The molecule has 0 aromatic carbocycles. The zero-order chi connectivity index (χ0) is 73.4. The van der Waals surface area contributed by atoms with E-state index in [4.69, 9.17) is 66.3 Å². The Morgan fingerprint density at radius 3 is 1.37 bits per heavy atom. The van der Waals surface area contributed by atoms with Crippen LogP contribution in [0.25, 0.3) is 0 Å². The van der Waals surface area contributed by atoms with Crippen molar-refractivity contribution in [1.29, 1.82) is 0 Å². The highest BCUT2D eigenvalue weighted by Crippen LogP contribution is 2.42. The van der Waals surface area contributed by atoms with E-state index in [9.17, 15) is 131 Å². The molecule has 572 valence electrons. The molecule has 0 bridgehead atoms. The Kier molecular flexibility index (Phi) is 30.0. The molecule has 0 unspecified atom stereocenters. The lowest BCUT2D eigenvalue weighted by molar-refractivity contribution is -0.421. The predicted octanol–water partition coefficient (Wildman–Crippen LogP) is -17.8. The van der Waals surface area contributed by atoms with Crippen LogP contribution in [0.2, 0.25) is 0 Å². The van der Waals surface area contributed by atoms with Crippen molar-refractivity contribution < 1.29 is 198 Å². The van der Waals surface area contributed by atoms with Crippen LogP contribution in [-0.4, -0.2) is 411 Å². The standard InChI is InChI=1S/C55H92N4O40/c1-15-30(73)35(78)37(80)51(87-15)95-43-29(59-18(4)70)49(89-23(9-63)32(43)75)97-46-34(77)24(10-64)90-52(39(46)82)96-44-28(58-17(3)69)48(88-22(8-62)33(44)76)94-42-26(12-66)92-53(93-41-25(11-65)91-50(38(81)36(41)79)86-13-19(6-60)56-14-67)40(83)47(42)99-55(54(84)85)5-20(71)27(57-16(2)68)45(98-55)31(74)21(72)7-61/h14-15,19-53,60-66,71-83H,5-13H2,1-4H3,(H,56,67)(H,57,68)(H,58,69)(H,59,70)(H,84,85)/p-1/t15-,19+,20-,21+,22+,23+,24+,25+,26+,27+,28+,29+,30+,31+,32-,33-,34-,35+,36+,37-,38+,39+,40+,41+,42-,43+,44+,45+,46-,47+,48-,49-,50+,51-,52-,53-,55-/m0/s1. The van der Waals surface area contributed by atoms with Gasteiger partial charge in [0.25, 0.3) is 0 Å². The van der Waals surface area contributed by atoms with Crippen molar-refractivity contribution in [3.8, 4) is 0 Å². The van der Waals surface area contributed by atoms with Crippen LogP contribution in [0, 0.1) is 0 Å². The Morgan fingerprint density at radius 1 is 0.485 bits per heavy atom. The summed E-state index contributed by atoms with van der Waals surface area (Å²) in [7, 11) is 0. The Labute approximate surface area is 561 Å². The van der Waals surface area contributed by atoms with Crippen molar-refractivity contribution in [1.82, 2.24) is 21.3 Å². The zero-order valence-electron chi connectivity index (χ0n) is 53.3. The molecule has 7 heterocycles. The molecule has 37 atom stereocenters. The number of carbonyl (C=O) groups is 5. The average Bonchev–Trinajstić information content (AvgIpc) is 0.754. The predicted molar refractivity (Wildman–Crippen MR) is 304 cm³/mol. The molecule has 99 heavy (non-hydrogen) atoms. The molecule has 44 heteroatoms. The Balaban J connectivity index is 1.26. The fourth-order valence-electron chi connectivity index (χ4n) is 12.4. The van der Waals surface area contributed by atoms with E-state index in [1.807, 2.05) is 0 Å². The number of aliphatic hydroxyl groups is 20. The van der Waals surface area contributed by atoms with E-state index < -0.39 is 309 Å². The van der Waals surface area contributed by atoms with Crippen LogP contribution in [0.15, 0.2) is 0 Å². The van der Waals surface area contributed by atoms with E-state index >= 15 is 0 Å². The molecule has 0 spiro atoms. The summed E-state index contributed by atoms with van der Waals surface area (Å²) in [5.41, 5.74) is 0. The molecule has 7 rings (SSSR count). The molecule has 24 N–H and O–H groups in total. The third-order valence-corrected chi connectivity index (χ3v) is 17.6. The first kappa shape index (κ1) is 82.3. The van der Waals surface area contributed by atoms with Gasteiger partial charge < -0.3 is 200 Å². The van der Waals surface area contributed by atoms with Gasteiger partial charge in [-0.15, -0.1) is 0 Å². The first-order valence-electron chi connectivity index (χ1n) is 31.3. The maximum absolute atomic E-state index is 13.7. The zero-order valence-corrected chi connectivity index (χ0v) is 53.3. The van der Waals surface area contributed by atoms with Gasteiger partial charge in [0.15, 0.2) is 37.7 Å². The Morgan fingerprint density at radius 2 is 0.899 bits per heavy atom. The lowest BCUT2D eigenvalue weighted by atomic mass is 9.88. The second kappa shape index (κ2) is 36.1. The molecule has 7 aliphatic heterocycles. The van der Waals surface area contributed by atoms with Crippen LogP contribution in [0.1, 0.15) is 34.1 Å². The van der Waals surface area contributed by atoms with Gasteiger partial charge in [0.1, 0.15) is 165 Å². The van der Waals surface area contributed by atoms with E-state index in [2.05, 4.69) is 21.3 Å². The van der Waals surface area contributed by atoms with Crippen LogP contribution in [0.5, 0.6) is 0 Å². The molecule has 0 saturated carbocycles. The van der Waals surface area contributed by atoms with Crippen LogP contribution in [0.3, 0.4) is 0 Å². The van der Waals surface area contributed by atoms with Gasteiger partial charge in [0.05, 0.1) is 77.1 Å². The number of hydrogen-bond donors (Lipinski definition) is 24. The summed E-state index contributed by atoms with van der Waals surface area (Å²) in [6, 6.07) is -6.83. The number of aliphatic carboxylic acids is 1. The van der Waals surface area contributed by atoms with Crippen molar-refractivity contribution >= 4 is 30.1 Å². The summed E-state index contributed by atoms with van der Waals surface area (Å²) in [6.45, 7) is -4.32. The van der Waals surface area contributed by atoms with E-state index in [-0.39, 0.29) is 6.41 Å². The van der Waals surface area contributed by atoms with Crippen molar-refractivity contribution in [2.75, 3.05) is 52.9 Å². The molecule has 0 aromatic rings. The molecule has 44 nitrogen and oxygen atoms in total. The first-order chi connectivity index (χ1) is 46.8. The molecule has 0 radical (unpaired) electrons. The summed E-state index contributed by atoms with van der Waals surface area (Å²) in [5, 5.41) is 243. The van der Waals surface area contributed by atoms with Crippen LogP contribution in [-0.2, 0) is 90.3 Å². The average molecular weight is 1450 g/mol. The molecule has 4 amide bonds. The number of hydrogen-bond acceptors (Lipinski definition) is 40. The maximum atomic E-state index is 13.7. The summed E-state index contributed by atoms with van der Waals surface area (Å²) in [4.78, 5) is 63.3. The molecule has 7 saturated heterocycles. The van der Waals surface area contributed by atoms with E-state index in [1.165, 1.54) is 6.92 Å². The second-order valence-corrected chi connectivity index (χ2v) is 24.6. The van der Waals surface area contributed by atoms with Crippen LogP contribution < -0.4 is 26.4 Å². The van der Waals surface area contributed by atoms with Gasteiger partial charge in [-0.05, 0) is 6.92 Å². The van der Waals surface area contributed by atoms with Crippen molar-refractivity contribution in [2.24, 2.45) is 0 Å².